The number of carbonyl (C=O) groups is 1. The van der Waals surface area contributed by atoms with Crippen LogP contribution in [0.1, 0.15) is 35.4 Å². The van der Waals surface area contributed by atoms with Crippen molar-refractivity contribution in [3.8, 4) is 11.4 Å². The van der Waals surface area contributed by atoms with Crippen molar-refractivity contribution >= 4 is 17.6 Å². The average Bonchev–Trinajstić information content (AvgIpc) is 3.17. The van der Waals surface area contributed by atoms with Crippen molar-refractivity contribution in [2.24, 2.45) is 0 Å². The van der Waals surface area contributed by atoms with Crippen molar-refractivity contribution in [2.45, 2.75) is 18.6 Å². The quantitative estimate of drug-likeness (QED) is 0.562. The van der Waals surface area contributed by atoms with Gasteiger partial charge in [0.2, 0.25) is 0 Å². The van der Waals surface area contributed by atoms with Gasteiger partial charge in [0.1, 0.15) is 12.2 Å². The molecule has 5 nitrogen and oxygen atoms in total. The van der Waals surface area contributed by atoms with Gasteiger partial charge in [-0.3, -0.25) is 4.79 Å². The number of hydrogen-bond donors (Lipinski definition) is 0. The fourth-order valence-corrected chi connectivity index (χ4v) is 3.83. The largest absolute Gasteiger partial charge is 0.494 e. The van der Waals surface area contributed by atoms with E-state index in [-0.39, 0.29) is 12.2 Å². The zero-order valence-corrected chi connectivity index (χ0v) is 16.7. The third-order valence-electron chi connectivity index (χ3n) is 5.02. The van der Waals surface area contributed by atoms with Crippen LogP contribution in [0.5, 0.6) is 5.75 Å². The maximum atomic E-state index is 15.2. The number of esters is 1. The van der Waals surface area contributed by atoms with E-state index in [2.05, 4.69) is 0 Å². The minimum atomic E-state index is -0.798. The second-order valence-corrected chi connectivity index (χ2v) is 7.09. The molecule has 29 heavy (non-hydrogen) atoms. The Morgan fingerprint density at radius 1 is 1.17 bits per heavy atom. The number of halogens is 2. The summed E-state index contributed by atoms with van der Waals surface area (Å²) < 4.78 is 33.4. The van der Waals surface area contributed by atoms with Gasteiger partial charge < -0.3 is 18.8 Å². The number of carbonyl (C=O) groups excluding carboxylic acids is 1. The number of ether oxygens (including phenoxy) is 3. The van der Waals surface area contributed by atoms with Gasteiger partial charge in [-0.15, -0.1) is 0 Å². The van der Waals surface area contributed by atoms with Crippen LogP contribution in [0.2, 0.25) is 5.02 Å². The Balaban J connectivity index is 1.92. The van der Waals surface area contributed by atoms with Crippen LogP contribution < -0.4 is 4.74 Å². The Kier molecular flexibility index (Phi) is 5.30. The van der Waals surface area contributed by atoms with Crippen LogP contribution in [0.25, 0.3) is 5.69 Å². The summed E-state index contributed by atoms with van der Waals surface area (Å²) in [4.78, 5) is 12.0. The second kappa shape index (κ2) is 7.89. The fourth-order valence-electron chi connectivity index (χ4n) is 3.65. The Labute approximate surface area is 172 Å². The molecule has 1 aliphatic rings. The molecule has 0 spiro atoms. The van der Waals surface area contributed by atoms with Crippen molar-refractivity contribution in [1.82, 2.24) is 4.57 Å². The van der Waals surface area contributed by atoms with Crippen LogP contribution in [-0.2, 0) is 14.3 Å². The molecule has 1 aromatic heterocycles. The predicted octanol–water partition coefficient (Wildman–Crippen LogP) is 5.00. The minimum Gasteiger partial charge on any atom is -0.494 e. The third-order valence-corrected chi connectivity index (χ3v) is 5.25. The molecular formula is C22H19ClFNO4. The number of nitrogens with zero attached hydrogens (tertiary/aromatic N) is 1. The molecule has 1 aliphatic heterocycles. The normalized spacial score (nSPS) is 17.8. The highest BCUT2D eigenvalue weighted by Gasteiger charge is 2.33. The first-order chi connectivity index (χ1) is 14.0. The van der Waals surface area contributed by atoms with E-state index in [1.807, 2.05) is 29.0 Å². The minimum absolute atomic E-state index is 0.00960. The molecule has 0 fully saturated rings. The lowest BCUT2D eigenvalue weighted by atomic mass is 9.98. The number of rotatable bonds is 4. The lowest BCUT2D eigenvalue weighted by Crippen LogP contribution is -2.16. The maximum absolute atomic E-state index is 15.2. The van der Waals surface area contributed by atoms with E-state index >= 15 is 4.39 Å². The highest BCUT2D eigenvalue weighted by atomic mass is 35.5. The van der Waals surface area contributed by atoms with Crippen LogP contribution in [-0.4, -0.2) is 24.8 Å². The summed E-state index contributed by atoms with van der Waals surface area (Å²) >= 11 is 6.27. The summed E-state index contributed by atoms with van der Waals surface area (Å²) in [6.07, 6.45) is 0.428. The van der Waals surface area contributed by atoms with Gasteiger partial charge in [-0.1, -0.05) is 23.7 Å². The van der Waals surface area contributed by atoms with Gasteiger partial charge in [-0.05, 0) is 36.4 Å². The molecular weight excluding hydrogens is 397 g/mol. The molecule has 0 aliphatic carbocycles. The summed E-state index contributed by atoms with van der Waals surface area (Å²) in [5.74, 6) is -0.825. The van der Waals surface area contributed by atoms with Crippen molar-refractivity contribution in [1.29, 1.82) is 0 Å². The highest BCUT2D eigenvalue weighted by Crippen LogP contribution is 2.43. The zero-order chi connectivity index (χ0) is 20.5. The van der Waals surface area contributed by atoms with E-state index < -0.39 is 24.0 Å². The summed E-state index contributed by atoms with van der Waals surface area (Å²) in [6.45, 7) is 0. The molecule has 0 radical (unpaired) electrons. The van der Waals surface area contributed by atoms with Crippen LogP contribution in [0.15, 0.2) is 54.7 Å². The Morgan fingerprint density at radius 3 is 2.76 bits per heavy atom. The number of hydrogen-bond acceptors (Lipinski definition) is 4. The van der Waals surface area contributed by atoms with Crippen LogP contribution >= 0.6 is 11.6 Å². The van der Waals surface area contributed by atoms with E-state index in [0.29, 0.717) is 16.1 Å². The van der Waals surface area contributed by atoms with Gasteiger partial charge in [-0.25, -0.2) is 4.39 Å². The van der Waals surface area contributed by atoms with Crippen LogP contribution in [0.4, 0.5) is 4.39 Å². The van der Waals surface area contributed by atoms with E-state index in [1.54, 1.807) is 30.3 Å². The molecule has 0 bridgehead atoms. The van der Waals surface area contributed by atoms with Gasteiger partial charge in [0.05, 0.1) is 32.0 Å². The molecule has 2 atom stereocenters. The SMILES string of the molecule is COC(=O)CC1OC(c2cccc(OC)c2F)c2cc(Cl)ccc2-n2cccc21. The maximum Gasteiger partial charge on any atom is 0.308 e. The molecule has 2 aromatic carbocycles. The van der Waals surface area contributed by atoms with Crippen molar-refractivity contribution in [3.63, 3.8) is 0 Å². The first-order valence-corrected chi connectivity index (χ1v) is 9.43. The van der Waals surface area contributed by atoms with E-state index in [9.17, 15) is 4.79 Å². The smallest absolute Gasteiger partial charge is 0.308 e. The Morgan fingerprint density at radius 2 is 2.00 bits per heavy atom. The molecule has 0 saturated heterocycles. The first-order valence-electron chi connectivity index (χ1n) is 9.05. The fraction of sp³-hybridized carbons (Fsp3) is 0.227. The molecule has 2 unspecified atom stereocenters. The second-order valence-electron chi connectivity index (χ2n) is 6.65. The van der Waals surface area contributed by atoms with Crippen LogP contribution in [0, 0.1) is 5.82 Å². The van der Waals surface area contributed by atoms with E-state index in [0.717, 1.165) is 11.4 Å². The lowest BCUT2D eigenvalue weighted by molar-refractivity contribution is -0.145. The molecule has 0 N–H and O–H groups in total. The Bertz CT molecular complexity index is 1060. The van der Waals surface area contributed by atoms with Gasteiger partial charge in [-0.2, -0.15) is 0 Å². The number of benzene rings is 2. The van der Waals surface area contributed by atoms with Gasteiger partial charge in [0.25, 0.3) is 0 Å². The van der Waals surface area contributed by atoms with Crippen LogP contribution in [0.3, 0.4) is 0 Å². The van der Waals surface area contributed by atoms with Crippen molar-refractivity contribution in [3.05, 3.63) is 82.4 Å². The zero-order valence-electron chi connectivity index (χ0n) is 15.9. The van der Waals surface area contributed by atoms with E-state index in [4.69, 9.17) is 25.8 Å². The molecule has 0 saturated carbocycles. The summed E-state index contributed by atoms with van der Waals surface area (Å²) in [7, 11) is 2.73. The number of methoxy groups -OCH3 is 2. The third kappa shape index (κ3) is 3.50. The van der Waals surface area contributed by atoms with Gasteiger partial charge in [0, 0.05) is 22.3 Å². The summed E-state index contributed by atoms with van der Waals surface area (Å²) in [5, 5.41) is 0.501. The lowest BCUT2D eigenvalue weighted by Gasteiger charge is -2.23. The molecule has 150 valence electrons. The molecule has 2 heterocycles. The van der Waals surface area contributed by atoms with Gasteiger partial charge in [0.15, 0.2) is 11.6 Å². The first kappa shape index (κ1) is 19.5. The summed E-state index contributed by atoms with van der Waals surface area (Å²) in [5.41, 5.74) is 2.56. The molecule has 4 rings (SSSR count). The monoisotopic (exact) mass is 415 g/mol. The number of aromatic nitrogens is 1. The van der Waals surface area contributed by atoms with Crippen molar-refractivity contribution < 1.29 is 23.4 Å². The average molecular weight is 416 g/mol. The molecule has 7 heteroatoms. The topological polar surface area (TPSA) is 49.7 Å². The molecule has 3 aromatic rings. The predicted molar refractivity (Wildman–Crippen MR) is 106 cm³/mol. The molecule has 0 amide bonds. The highest BCUT2D eigenvalue weighted by molar-refractivity contribution is 6.30. The number of fused-ring (bicyclic) bond motifs is 3. The summed E-state index contributed by atoms with van der Waals surface area (Å²) in [6, 6.07) is 14.0. The van der Waals surface area contributed by atoms with Gasteiger partial charge >= 0.3 is 5.97 Å². The van der Waals surface area contributed by atoms with E-state index in [1.165, 1.54) is 14.2 Å². The Hall–Kier alpha value is -2.83. The standard InChI is InChI=1S/C22H19ClFNO4/c1-27-18-7-3-5-14(21(18)24)22-15-11-13(23)8-9-16(15)25-10-4-6-17(25)19(29-22)12-20(26)28-2/h3-11,19,22H,12H2,1-2H3. The van der Waals surface area contributed by atoms with Crippen molar-refractivity contribution in [2.75, 3.05) is 14.2 Å².